The summed E-state index contributed by atoms with van der Waals surface area (Å²) >= 11 is 0. The molecule has 0 unspecified atom stereocenters. The maximum Gasteiger partial charge on any atom is 0.255 e. The van der Waals surface area contributed by atoms with Gasteiger partial charge >= 0.3 is 0 Å². The van der Waals surface area contributed by atoms with E-state index in [0.717, 1.165) is 21.8 Å². The second kappa shape index (κ2) is 4.96. The van der Waals surface area contributed by atoms with E-state index in [0.29, 0.717) is 11.3 Å². The lowest BCUT2D eigenvalue weighted by Gasteiger charge is -2.06. The molecule has 4 rings (SSSR count). The summed E-state index contributed by atoms with van der Waals surface area (Å²) in [5.74, 6) is -0.145. The van der Waals surface area contributed by atoms with Crippen molar-refractivity contribution in [1.82, 2.24) is 15.4 Å². The van der Waals surface area contributed by atoms with Crippen LogP contribution in [0.25, 0.3) is 21.8 Å². The molecule has 5 heteroatoms. The minimum absolute atomic E-state index is 0.145. The van der Waals surface area contributed by atoms with Crippen LogP contribution in [-0.2, 0) is 0 Å². The zero-order chi connectivity index (χ0) is 14.9. The summed E-state index contributed by atoms with van der Waals surface area (Å²) in [6.45, 7) is 0. The number of nitrogens with zero attached hydrogens (tertiary/aromatic N) is 2. The molecule has 0 atom stereocenters. The van der Waals surface area contributed by atoms with E-state index in [2.05, 4.69) is 20.7 Å². The van der Waals surface area contributed by atoms with Gasteiger partial charge in [0.2, 0.25) is 0 Å². The van der Waals surface area contributed by atoms with Gasteiger partial charge in [0.15, 0.2) is 0 Å². The maximum absolute atomic E-state index is 12.4. The molecule has 0 saturated carbocycles. The van der Waals surface area contributed by atoms with Crippen molar-refractivity contribution in [2.75, 3.05) is 5.32 Å². The molecule has 0 radical (unpaired) electrons. The molecule has 1 aromatic heterocycles. The molecule has 22 heavy (non-hydrogen) atoms. The lowest BCUT2D eigenvalue weighted by molar-refractivity contribution is 0.102. The van der Waals surface area contributed by atoms with Crippen LogP contribution < -0.4 is 5.32 Å². The highest BCUT2D eigenvalue weighted by Crippen LogP contribution is 2.18. The van der Waals surface area contributed by atoms with E-state index in [4.69, 9.17) is 0 Å². The Balaban J connectivity index is 1.64. The van der Waals surface area contributed by atoms with Crippen molar-refractivity contribution in [3.05, 3.63) is 66.2 Å². The third-order valence-corrected chi connectivity index (χ3v) is 3.59. The monoisotopic (exact) mass is 288 g/mol. The molecular weight excluding hydrogens is 276 g/mol. The van der Waals surface area contributed by atoms with Gasteiger partial charge in [0, 0.05) is 11.3 Å². The average Bonchev–Trinajstić information content (AvgIpc) is 3.02. The minimum atomic E-state index is -0.145. The molecule has 2 N–H and O–H groups in total. The van der Waals surface area contributed by atoms with Crippen molar-refractivity contribution in [3.8, 4) is 0 Å². The zero-order valence-electron chi connectivity index (χ0n) is 11.6. The van der Waals surface area contributed by atoms with Gasteiger partial charge in [-0.3, -0.25) is 4.79 Å². The van der Waals surface area contributed by atoms with E-state index in [-0.39, 0.29) is 5.91 Å². The fourth-order valence-electron chi connectivity index (χ4n) is 2.45. The first-order valence-corrected chi connectivity index (χ1v) is 6.90. The van der Waals surface area contributed by atoms with Crippen molar-refractivity contribution in [1.29, 1.82) is 0 Å². The van der Waals surface area contributed by atoms with Crippen LogP contribution >= 0.6 is 0 Å². The van der Waals surface area contributed by atoms with Crippen molar-refractivity contribution >= 4 is 33.4 Å². The molecular formula is C17H12N4O. The molecule has 0 fully saturated rings. The predicted molar refractivity (Wildman–Crippen MR) is 85.8 cm³/mol. The number of amides is 1. The largest absolute Gasteiger partial charge is 0.322 e. The van der Waals surface area contributed by atoms with Gasteiger partial charge in [-0.2, -0.15) is 15.4 Å². The van der Waals surface area contributed by atoms with E-state index >= 15 is 0 Å². The normalized spacial score (nSPS) is 10.9. The van der Waals surface area contributed by atoms with Crippen LogP contribution in [0, 0.1) is 0 Å². The molecule has 1 heterocycles. The molecule has 0 aliphatic heterocycles. The predicted octanol–water partition coefficient (Wildman–Crippen LogP) is 3.36. The fourth-order valence-corrected chi connectivity index (χ4v) is 2.45. The van der Waals surface area contributed by atoms with E-state index in [9.17, 15) is 4.79 Å². The number of fused-ring (bicyclic) bond motifs is 2. The van der Waals surface area contributed by atoms with Crippen LogP contribution in [0.3, 0.4) is 0 Å². The number of rotatable bonds is 2. The number of hydrogen-bond acceptors (Lipinski definition) is 3. The van der Waals surface area contributed by atoms with Crippen LogP contribution in [0.4, 0.5) is 5.69 Å². The Morgan fingerprint density at radius 1 is 0.864 bits per heavy atom. The number of anilines is 1. The molecule has 0 bridgehead atoms. The average molecular weight is 288 g/mol. The highest BCUT2D eigenvalue weighted by molar-refractivity contribution is 6.07. The molecule has 0 spiro atoms. The van der Waals surface area contributed by atoms with Gasteiger partial charge in [-0.15, -0.1) is 0 Å². The zero-order valence-corrected chi connectivity index (χ0v) is 11.6. The number of carbonyl (C=O) groups excluding carboxylic acids is 1. The smallest absolute Gasteiger partial charge is 0.255 e. The topological polar surface area (TPSA) is 70.7 Å². The summed E-state index contributed by atoms with van der Waals surface area (Å²) in [4.78, 5) is 12.4. The van der Waals surface area contributed by atoms with Gasteiger partial charge in [-0.25, -0.2) is 0 Å². The Hall–Kier alpha value is -3.21. The van der Waals surface area contributed by atoms with E-state index in [1.807, 2.05) is 54.6 Å². The van der Waals surface area contributed by atoms with E-state index in [1.54, 1.807) is 6.07 Å². The summed E-state index contributed by atoms with van der Waals surface area (Å²) in [6.07, 6.45) is 0. The molecule has 0 saturated heterocycles. The van der Waals surface area contributed by atoms with Crippen molar-refractivity contribution in [2.45, 2.75) is 0 Å². The number of benzene rings is 3. The Kier molecular flexibility index (Phi) is 2.83. The Labute approximate surface area is 126 Å². The molecule has 0 aliphatic rings. The second-order valence-electron chi connectivity index (χ2n) is 5.04. The van der Waals surface area contributed by atoms with Gasteiger partial charge in [-0.1, -0.05) is 30.3 Å². The molecule has 0 aliphatic carbocycles. The number of H-pyrrole nitrogens is 1. The summed E-state index contributed by atoms with van der Waals surface area (Å²) in [5, 5.41) is 15.6. The van der Waals surface area contributed by atoms with Gasteiger partial charge in [0.05, 0.1) is 0 Å². The third-order valence-electron chi connectivity index (χ3n) is 3.59. The van der Waals surface area contributed by atoms with Crippen molar-refractivity contribution < 1.29 is 4.79 Å². The molecule has 1 amide bonds. The number of aromatic amines is 1. The standard InChI is InChI=1S/C17H12N4O/c22-17(13-6-5-11-3-1-2-4-12(11)9-13)18-14-7-8-15-16(10-14)20-21-19-15/h1-10H,(H,18,22)(H,19,20,21). The lowest BCUT2D eigenvalue weighted by Crippen LogP contribution is -2.11. The first-order valence-electron chi connectivity index (χ1n) is 6.90. The number of hydrogen-bond donors (Lipinski definition) is 2. The van der Waals surface area contributed by atoms with Crippen LogP contribution in [0.5, 0.6) is 0 Å². The summed E-state index contributed by atoms with van der Waals surface area (Å²) < 4.78 is 0. The third kappa shape index (κ3) is 2.18. The fraction of sp³-hybridized carbons (Fsp3) is 0. The van der Waals surface area contributed by atoms with Crippen molar-refractivity contribution in [3.63, 3.8) is 0 Å². The van der Waals surface area contributed by atoms with Crippen LogP contribution in [0.1, 0.15) is 10.4 Å². The van der Waals surface area contributed by atoms with Gasteiger partial charge < -0.3 is 5.32 Å². The summed E-state index contributed by atoms with van der Waals surface area (Å²) in [6, 6.07) is 19.0. The van der Waals surface area contributed by atoms with Gasteiger partial charge in [0.25, 0.3) is 5.91 Å². The summed E-state index contributed by atoms with van der Waals surface area (Å²) in [5.41, 5.74) is 2.80. The van der Waals surface area contributed by atoms with E-state index in [1.165, 1.54) is 0 Å². The quantitative estimate of drug-likeness (QED) is 0.594. The second-order valence-corrected chi connectivity index (χ2v) is 5.04. The Morgan fingerprint density at radius 3 is 2.59 bits per heavy atom. The van der Waals surface area contributed by atoms with Gasteiger partial charge in [-0.05, 0) is 41.1 Å². The van der Waals surface area contributed by atoms with Crippen LogP contribution in [0.15, 0.2) is 60.7 Å². The highest BCUT2D eigenvalue weighted by atomic mass is 16.1. The van der Waals surface area contributed by atoms with Crippen LogP contribution in [-0.4, -0.2) is 21.3 Å². The number of nitrogens with one attached hydrogen (secondary N) is 2. The molecule has 5 nitrogen and oxygen atoms in total. The highest BCUT2D eigenvalue weighted by Gasteiger charge is 2.08. The molecule has 106 valence electrons. The minimum Gasteiger partial charge on any atom is -0.322 e. The number of aromatic nitrogens is 3. The molecule has 4 aromatic rings. The Morgan fingerprint density at radius 2 is 1.68 bits per heavy atom. The van der Waals surface area contributed by atoms with E-state index < -0.39 is 0 Å². The summed E-state index contributed by atoms with van der Waals surface area (Å²) in [7, 11) is 0. The first-order chi connectivity index (χ1) is 10.8. The molecule has 3 aromatic carbocycles. The number of carbonyl (C=O) groups is 1. The van der Waals surface area contributed by atoms with Crippen LogP contribution in [0.2, 0.25) is 0 Å². The lowest BCUT2D eigenvalue weighted by atomic mass is 10.1. The maximum atomic E-state index is 12.4. The first kappa shape index (κ1) is 12.5. The van der Waals surface area contributed by atoms with Gasteiger partial charge in [0.1, 0.15) is 11.0 Å². The Bertz CT molecular complexity index is 990. The SMILES string of the molecule is O=C(Nc1ccc2n[nH]nc2c1)c1ccc2ccccc2c1. The van der Waals surface area contributed by atoms with Crippen molar-refractivity contribution in [2.24, 2.45) is 0 Å².